The maximum absolute atomic E-state index is 13.3. The highest BCUT2D eigenvalue weighted by atomic mass is 32.2. The molecule has 11 heteroatoms. The highest BCUT2D eigenvalue weighted by Gasteiger charge is 2.24. The average Bonchev–Trinajstić information content (AvgIpc) is 3.48. The van der Waals surface area contributed by atoms with Gasteiger partial charge in [0.2, 0.25) is 10.9 Å². The summed E-state index contributed by atoms with van der Waals surface area (Å²) in [5, 5.41) is 12.1. The standard InChI is InChI=1S/C20H20N6O4S/c1-12-17(18(27)26(24(12)3)14-8-6-5-7-9-14)25-20(21-22-23-25)31-13(2)15-10-11-16(30-15)19(28)29-4/h5-11,13H,1-4H3. The highest BCUT2D eigenvalue weighted by molar-refractivity contribution is 7.99. The summed E-state index contributed by atoms with van der Waals surface area (Å²) in [6.07, 6.45) is 0. The van der Waals surface area contributed by atoms with Gasteiger partial charge in [-0.15, -0.1) is 5.10 Å². The van der Waals surface area contributed by atoms with Gasteiger partial charge in [-0.3, -0.25) is 9.48 Å². The maximum Gasteiger partial charge on any atom is 0.373 e. The van der Waals surface area contributed by atoms with Gasteiger partial charge in [-0.1, -0.05) is 30.0 Å². The van der Waals surface area contributed by atoms with Gasteiger partial charge < -0.3 is 9.15 Å². The van der Waals surface area contributed by atoms with Crippen molar-refractivity contribution in [2.45, 2.75) is 24.3 Å². The topological polar surface area (TPSA) is 110 Å². The minimum absolute atomic E-state index is 0.120. The predicted molar refractivity (Wildman–Crippen MR) is 113 cm³/mol. The van der Waals surface area contributed by atoms with Crippen LogP contribution in [-0.2, 0) is 11.8 Å². The van der Waals surface area contributed by atoms with E-state index in [1.807, 2.05) is 51.2 Å². The molecule has 1 unspecified atom stereocenters. The van der Waals surface area contributed by atoms with Crippen molar-refractivity contribution >= 4 is 17.7 Å². The van der Waals surface area contributed by atoms with Crippen molar-refractivity contribution in [1.82, 2.24) is 29.6 Å². The first-order valence-corrected chi connectivity index (χ1v) is 10.3. The van der Waals surface area contributed by atoms with Crippen molar-refractivity contribution < 1.29 is 13.9 Å². The fraction of sp³-hybridized carbons (Fsp3) is 0.250. The maximum atomic E-state index is 13.3. The second-order valence-corrected chi connectivity index (χ2v) is 8.05. The molecule has 3 heterocycles. The Hall–Kier alpha value is -3.60. The number of aromatic nitrogens is 6. The normalized spacial score (nSPS) is 12.1. The van der Waals surface area contributed by atoms with Gasteiger partial charge >= 0.3 is 5.97 Å². The molecule has 0 aliphatic carbocycles. The van der Waals surface area contributed by atoms with Gasteiger partial charge in [0.05, 0.1) is 23.7 Å². The molecule has 0 N–H and O–H groups in total. The number of tetrazole rings is 1. The van der Waals surface area contributed by atoms with Crippen molar-refractivity contribution in [2.75, 3.05) is 7.11 Å². The molecule has 0 radical (unpaired) electrons. The summed E-state index contributed by atoms with van der Waals surface area (Å²) in [6, 6.07) is 12.6. The van der Waals surface area contributed by atoms with Crippen LogP contribution in [0, 0.1) is 6.92 Å². The first-order valence-electron chi connectivity index (χ1n) is 9.39. The zero-order valence-corrected chi connectivity index (χ0v) is 18.2. The Morgan fingerprint density at radius 3 is 2.65 bits per heavy atom. The van der Waals surface area contributed by atoms with Gasteiger partial charge in [-0.05, 0) is 48.5 Å². The van der Waals surface area contributed by atoms with E-state index in [2.05, 4.69) is 20.3 Å². The van der Waals surface area contributed by atoms with E-state index < -0.39 is 5.97 Å². The molecule has 0 saturated heterocycles. The minimum atomic E-state index is -0.547. The number of hydrogen-bond acceptors (Lipinski definition) is 8. The first-order chi connectivity index (χ1) is 14.9. The second-order valence-electron chi connectivity index (χ2n) is 6.74. The summed E-state index contributed by atoms with van der Waals surface area (Å²) >= 11 is 1.31. The molecule has 0 saturated carbocycles. The predicted octanol–water partition coefficient (Wildman–Crippen LogP) is 2.69. The highest BCUT2D eigenvalue weighted by Crippen LogP contribution is 2.35. The molecule has 4 rings (SSSR count). The van der Waals surface area contributed by atoms with Crippen molar-refractivity contribution in [3.05, 3.63) is 70.0 Å². The van der Waals surface area contributed by atoms with E-state index in [1.54, 1.807) is 21.5 Å². The number of para-hydroxylation sites is 1. The number of nitrogens with zero attached hydrogens (tertiary/aromatic N) is 6. The van der Waals surface area contributed by atoms with Crippen LogP contribution < -0.4 is 5.56 Å². The summed E-state index contributed by atoms with van der Waals surface area (Å²) in [4.78, 5) is 24.9. The third-order valence-corrected chi connectivity index (χ3v) is 5.92. The summed E-state index contributed by atoms with van der Waals surface area (Å²) in [6.45, 7) is 3.73. The summed E-state index contributed by atoms with van der Waals surface area (Å²) in [5.74, 6) is 0.135. The van der Waals surface area contributed by atoms with Crippen molar-refractivity contribution in [3.63, 3.8) is 0 Å². The molecule has 4 aromatic rings. The summed E-state index contributed by atoms with van der Waals surface area (Å²) in [5.41, 5.74) is 1.58. The van der Waals surface area contributed by atoms with Gasteiger partial charge in [0.25, 0.3) is 5.56 Å². The molecule has 1 atom stereocenters. The van der Waals surface area contributed by atoms with Crippen LogP contribution >= 0.6 is 11.8 Å². The van der Waals surface area contributed by atoms with Crippen LogP contribution in [0.15, 0.2) is 56.8 Å². The largest absolute Gasteiger partial charge is 0.463 e. The molecule has 0 amide bonds. The van der Waals surface area contributed by atoms with Crippen molar-refractivity contribution in [1.29, 1.82) is 0 Å². The second kappa shape index (κ2) is 8.26. The zero-order chi connectivity index (χ0) is 22.1. The number of thioether (sulfide) groups is 1. The van der Waals surface area contributed by atoms with Gasteiger partial charge in [0.15, 0.2) is 5.69 Å². The SMILES string of the molecule is COC(=O)c1ccc(C(C)Sc2nnnn2-c2c(C)n(C)n(-c3ccccc3)c2=O)o1. The number of methoxy groups -OCH3 is 1. The van der Waals surface area contributed by atoms with Crippen LogP contribution in [0.25, 0.3) is 11.4 Å². The van der Waals surface area contributed by atoms with E-state index in [0.29, 0.717) is 22.3 Å². The lowest BCUT2D eigenvalue weighted by atomic mass is 10.3. The average molecular weight is 440 g/mol. The quantitative estimate of drug-likeness (QED) is 0.332. The zero-order valence-electron chi connectivity index (χ0n) is 17.3. The number of furan rings is 1. The Balaban J connectivity index is 1.69. The van der Waals surface area contributed by atoms with Crippen LogP contribution in [0.1, 0.15) is 34.2 Å². The lowest BCUT2D eigenvalue weighted by Gasteiger charge is -2.08. The molecule has 0 aliphatic heterocycles. The molecule has 10 nitrogen and oxygen atoms in total. The van der Waals surface area contributed by atoms with Crippen molar-refractivity contribution in [3.8, 4) is 11.4 Å². The molecule has 0 spiro atoms. The molecular formula is C20H20N6O4S. The minimum Gasteiger partial charge on any atom is -0.463 e. The number of hydrogen-bond donors (Lipinski definition) is 0. The van der Waals surface area contributed by atoms with Gasteiger partial charge in [0.1, 0.15) is 5.76 Å². The van der Waals surface area contributed by atoms with E-state index >= 15 is 0 Å². The third kappa shape index (κ3) is 3.67. The number of carbonyl (C=O) groups excluding carboxylic acids is 1. The first kappa shape index (κ1) is 20.7. The molecule has 1 aromatic carbocycles. The number of rotatable bonds is 6. The Morgan fingerprint density at radius 1 is 1.19 bits per heavy atom. The van der Waals surface area contributed by atoms with Crippen LogP contribution in [0.4, 0.5) is 0 Å². The number of carbonyl (C=O) groups is 1. The number of ether oxygens (including phenoxy) is 1. The van der Waals surface area contributed by atoms with Gasteiger partial charge in [0, 0.05) is 7.05 Å². The number of esters is 1. The van der Waals surface area contributed by atoms with Gasteiger partial charge in [-0.25, -0.2) is 9.48 Å². The molecule has 31 heavy (non-hydrogen) atoms. The van der Waals surface area contributed by atoms with E-state index in [0.717, 1.165) is 5.69 Å². The van der Waals surface area contributed by atoms with E-state index in [-0.39, 0.29) is 16.6 Å². The lowest BCUT2D eigenvalue weighted by Crippen LogP contribution is -2.22. The molecule has 0 aliphatic rings. The fourth-order valence-corrected chi connectivity index (χ4v) is 4.06. The smallest absolute Gasteiger partial charge is 0.373 e. The summed E-state index contributed by atoms with van der Waals surface area (Å²) in [7, 11) is 3.10. The fourth-order valence-electron chi connectivity index (χ4n) is 3.19. The molecule has 3 aromatic heterocycles. The molecular weight excluding hydrogens is 420 g/mol. The van der Waals surface area contributed by atoms with Crippen molar-refractivity contribution in [2.24, 2.45) is 7.05 Å². The van der Waals surface area contributed by atoms with E-state index in [1.165, 1.54) is 23.6 Å². The van der Waals surface area contributed by atoms with E-state index in [9.17, 15) is 9.59 Å². The van der Waals surface area contributed by atoms with Crippen LogP contribution in [0.5, 0.6) is 0 Å². The lowest BCUT2D eigenvalue weighted by molar-refractivity contribution is 0.0563. The summed E-state index contributed by atoms with van der Waals surface area (Å²) < 4.78 is 15.0. The van der Waals surface area contributed by atoms with Crippen LogP contribution in [0.2, 0.25) is 0 Å². The Morgan fingerprint density at radius 2 is 1.94 bits per heavy atom. The molecule has 0 fully saturated rings. The molecule has 160 valence electrons. The Bertz CT molecular complexity index is 1290. The monoisotopic (exact) mass is 440 g/mol. The van der Waals surface area contributed by atoms with Crippen LogP contribution in [-0.4, -0.2) is 42.6 Å². The number of benzene rings is 1. The molecule has 0 bridgehead atoms. The Kier molecular flexibility index (Phi) is 5.51. The van der Waals surface area contributed by atoms with Gasteiger partial charge in [-0.2, -0.15) is 4.68 Å². The van der Waals surface area contributed by atoms with E-state index in [4.69, 9.17) is 4.42 Å². The van der Waals surface area contributed by atoms with Crippen LogP contribution in [0.3, 0.4) is 0 Å². The third-order valence-electron chi connectivity index (χ3n) is 4.87. The Labute approximate surface area is 181 Å².